The van der Waals surface area contributed by atoms with Crippen molar-refractivity contribution in [3.8, 4) is 0 Å². The Hall–Kier alpha value is -0.700. The van der Waals surface area contributed by atoms with Crippen molar-refractivity contribution in [3.63, 3.8) is 0 Å². The van der Waals surface area contributed by atoms with E-state index in [2.05, 4.69) is 4.98 Å². The lowest BCUT2D eigenvalue weighted by Gasteiger charge is -2.11. The van der Waals surface area contributed by atoms with Gasteiger partial charge in [-0.2, -0.15) is 0 Å². The van der Waals surface area contributed by atoms with E-state index < -0.39 is 14.3 Å². The molecule has 0 saturated carbocycles. The average Bonchev–Trinajstić information content (AvgIpc) is 2.90. The summed E-state index contributed by atoms with van der Waals surface area (Å²) in [6.45, 7) is 1.22. The fourth-order valence-corrected chi connectivity index (χ4v) is 4.27. The van der Waals surface area contributed by atoms with Gasteiger partial charge in [0.1, 0.15) is 5.25 Å². The van der Waals surface area contributed by atoms with Crippen molar-refractivity contribution in [2.45, 2.75) is 24.7 Å². The van der Waals surface area contributed by atoms with Gasteiger partial charge in [0.25, 0.3) is 0 Å². The van der Waals surface area contributed by atoms with Crippen LogP contribution in [-0.2, 0) is 31.6 Å². The number of aromatic nitrogens is 1. The number of hydrogen-bond donors (Lipinski definition) is 0. The Kier molecular flexibility index (Phi) is 3.28. The smallest absolute Gasteiger partial charge is 0.237 e. The molecule has 1 fully saturated rings. The molecule has 0 bridgehead atoms. The SMILES string of the molecule is O=C1CC(S(=O)(=O)Cl)CN1c1nc2c(s1)COCC2. The van der Waals surface area contributed by atoms with Crippen molar-refractivity contribution < 1.29 is 17.9 Å². The van der Waals surface area contributed by atoms with Crippen LogP contribution in [0.5, 0.6) is 0 Å². The number of rotatable bonds is 2. The zero-order chi connectivity index (χ0) is 13.6. The van der Waals surface area contributed by atoms with Gasteiger partial charge in [-0.3, -0.25) is 9.69 Å². The molecule has 1 amide bonds. The molecule has 104 valence electrons. The van der Waals surface area contributed by atoms with Crippen LogP contribution >= 0.6 is 22.0 Å². The monoisotopic (exact) mass is 322 g/mol. The van der Waals surface area contributed by atoms with Gasteiger partial charge in [-0.05, 0) is 0 Å². The molecule has 1 aromatic rings. The predicted octanol–water partition coefficient (Wildman–Crippen LogP) is 0.890. The van der Waals surface area contributed by atoms with Crippen molar-refractivity contribution in [1.82, 2.24) is 4.98 Å². The minimum atomic E-state index is -3.72. The lowest BCUT2D eigenvalue weighted by Crippen LogP contribution is -2.26. The van der Waals surface area contributed by atoms with Gasteiger partial charge < -0.3 is 4.74 Å². The van der Waals surface area contributed by atoms with Gasteiger partial charge in [0.05, 0.1) is 23.8 Å². The first-order valence-electron chi connectivity index (χ1n) is 5.75. The maximum absolute atomic E-state index is 11.9. The van der Waals surface area contributed by atoms with E-state index >= 15 is 0 Å². The molecule has 3 heterocycles. The molecule has 1 aromatic heterocycles. The van der Waals surface area contributed by atoms with Crippen LogP contribution in [0.25, 0.3) is 0 Å². The number of halogens is 1. The maximum atomic E-state index is 11.9. The molecule has 0 aliphatic carbocycles. The molecule has 0 spiro atoms. The molecule has 0 N–H and O–H groups in total. The molecule has 1 unspecified atom stereocenters. The highest BCUT2D eigenvalue weighted by molar-refractivity contribution is 8.14. The van der Waals surface area contributed by atoms with Crippen molar-refractivity contribution >= 4 is 42.1 Å². The van der Waals surface area contributed by atoms with E-state index in [1.807, 2.05) is 0 Å². The van der Waals surface area contributed by atoms with Gasteiger partial charge in [-0.15, -0.1) is 0 Å². The summed E-state index contributed by atoms with van der Waals surface area (Å²) in [6.07, 6.45) is 0.650. The van der Waals surface area contributed by atoms with Crippen LogP contribution in [0.1, 0.15) is 17.0 Å². The number of ether oxygens (including phenoxy) is 1. The third-order valence-electron chi connectivity index (χ3n) is 3.20. The minimum absolute atomic E-state index is 0.0768. The molecule has 3 rings (SSSR count). The molecular weight excluding hydrogens is 312 g/mol. The second kappa shape index (κ2) is 4.69. The number of hydrogen-bond acceptors (Lipinski definition) is 6. The van der Waals surface area contributed by atoms with Gasteiger partial charge in [-0.25, -0.2) is 13.4 Å². The lowest BCUT2D eigenvalue weighted by molar-refractivity contribution is -0.117. The molecule has 1 saturated heterocycles. The number of amides is 1. The summed E-state index contributed by atoms with van der Waals surface area (Å²) in [7, 11) is 1.60. The zero-order valence-corrected chi connectivity index (χ0v) is 12.2. The lowest BCUT2D eigenvalue weighted by atomic mass is 10.2. The Labute approximate surface area is 118 Å². The van der Waals surface area contributed by atoms with Crippen molar-refractivity contribution in [2.24, 2.45) is 0 Å². The molecule has 0 radical (unpaired) electrons. The predicted molar refractivity (Wildman–Crippen MR) is 71.0 cm³/mol. The van der Waals surface area contributed by atoms with Gasteiger partial charge in [-0.1, -0.05) is 11.3 Å². The van der Waals surface area contributed by atoms with Crippen LogP contribution in [0.2, 0.25) is 0 Å². The molecule has 9 heteroatoms. The normalized spacial score (nSPS) is 23.7. The van der Waals surface area contributed by atoms with Gasteiger partial charge in [0.2, 0.25) is 15.0 Å². The summed E-state index contributed by atoms with van der Waals surface area (Å²) in [4.78, 5) is 18.7. The quantitative estimate of drug-likeness (QED) is 0.756. The van der Waals surface area contributed by atoms with Crippen LogP contribution in [-0.4, -0.2) is 37.7 Å². The summed E-state index contributed by atoms with van der Waals surface area (Å²) in [5.41, 5.74) is 0.941. The molecule has 1 atom stereocenters. The fourth-order valence-electron chi connectivity index (χ4n) is 2.18. The summed E-state index contributed by atoms with van der Waals surface area (Å²) in [5.74, 6) is -0.249. The van der Waals surface area contributed by atoms with E-state index in [1.165, 1.54) is 16.2 Å². The number of carbonyl (C=O) groups excluding carboxylic acids is 1. The van der Waals surface area contributed by atoms with E-state index in [9.17, 15) is 13.2 Å². The summed E-state index contributed by atoms with van der Waals surface area (Å²) in [5, 5.41) is -0.304. The molecule has 19 heavy (non-hydrogen) atoms. The van der Waals surface area contributed by atoms with Crippen LogP contribution in [0.15, 0.2) is 0 Å². The Morgan fingerprint density at radius 3 is 2.89 bits per heavy atom. The third-order valence-corrected chi connectivity index (χ3v) is 6.16. The Morgan fingerprint density at radius 1 is 1.47 bits per heavy atom. The molecule has 6 nitrogen and oxygen atoms in total. The van der Waals surface area contributed by atoms with E-state index in [1.54, 1.807) is 0 Å². The number of carbonyl (C=O) groups is 1. The first-order chi connectivity index (χ1) is 8.95. The standard InChI is InChI=1S/C10H11ClN2O4S2/c11-19(15,16)6-3-9(14)13(4-6)10-12-7-1-2-17-5-8(7)18-10/h6H,1-5H2. The van der Waals surface area contributed by atoms with Crippen LogP contribution in [0.3, 0.4) is 0 Å². The van der Waals surface area contributed by atoms with Gasteiger partial charge in [0.15, 0.2) is 5.13 Å². The van der Waals surface area contributed by atoms with E-state index in [0.29, 0.717) is 18.3 Å². The van der Waals surface area contributed by atoms with Crippen molar-refractivity contribution in [2.75, 3.05) is 18.1 Å². The second-order valence-electron chi connectivity index (χ2n) is 4.47. The minimum Gasteiger partial charge on any atom is -0.375 e. The molecule has 2 aliphatic heterocycles. The van der Waals surface area contributed by atoms with Gasteiger partial charge >= 0.3 is 0 Å². The zero-order valence-electron chi connectivity index (χ0n) is 9.83. The Bertz CT molecular complexity index is 604. The van der Waals surface area contributed by atoms with Gasteiger partial charge in [0, 0.05) is 30.1 Å². The first-order valence-corrected chi connectivity index (χ1v) is 8.94. The summed E-state index contributed by atoms with van der Waals surface area (Å²) < 4.78 is 27.9. The van der Waals surface area contributed by atoms with E-state index in [0.717, 1.165) is 17.0 Å². The fraction of sp³-hybridized carbons (Fsp3) is 0.600. The van der Waals surface area contributed by atoms with Crippen molar-refractivity contribution in [3.05, 3.63) is 10.6 Å². The highest BCUT2D eigenvalue weighted by Crippen LogP contribution is 2.33. The van der Waals surface area contributed by atoms with Crippen molar-refractivity contribution in [1.29, 1.82) is 0 Å². The third kappa shape index (κ3) is 2.49. The highest BCUT2D eigenvalue weighted by Gasteiger charge is 2.39. The Morgan fingerprint density at radius 2 is 2.26 bits per heavy atom. The van der Waals surface area contributed by atoms with Crippen LogP contribution in [0.4, 0.5) is 5.13 Å². The summed E-state index contributed by atoms with van der Waals surface area (Å²) in [6, 6.07) is 0. The Balaban J connectivity index is 1.87. The molecular formula is C10H11ClN2O4S2. The van der Waals surface area contributed by atoms with E-state index in [4.69, 9.17) is 15.4 Å². The second-order valence-corrected chi connectivity index (χ2v) is 8.45. The number of nitrogens with zero attached hydrogens (tertiary/aromatic N) is 2. The number of fused-ring (bicyclic) bond motifs is 1. The van der Waals surface area contributed by atoms with Crippen LogP contribution in [0, 0.1) is 0 Å². The molecule has 2 aliphatic rings. The van der Waals surface area contributed by atoms with Crippen LogP contribution < -0.4 is 4.90 Å². The largest absolute Gasteiger partial charge is 0.375 e. The first kappa shape index (κ1) is 13.3. The molecule has 0 aromatic carbocycles. The summed E-state index contributed by atoms with van der Waals surface area (Å²) >= 11 is 1.38. The van der Waals surface area contributed by atoms with E-state index in [-0.39, 0.29) is 18.9 Å². The number of thiazole rings is 1. The maximum Gasteiger partial charge on any atom is 0.237 e. The average molecular weight is 323 g/mol. The number of anilines is 1. The topological polar surface area (TPSA) is 76.6 Å². The highest BCUT2D eigenvalue weighted by atomic mass is 35.7.